The molecule has 1 atom stereocenters. The Hall–Kier alpha value is -3.18. The number of hydrogen-bond donors (Lipinski definition) is 3. The van der Waals surface area contributed by atoms with E-state index >= 15 is 0 Å². The van der Waals surface area contributed by atoms with Gasteiger partial charge in [0.15, 0.2) is 5.78 Å². The second-order valence-electron chi connectivity index (χ2n) is 8.13. The maximum Gasteiger partial charge on any atom is 0.195 e. The number of aliphatic hydroxyl groups is 2. The molecule has 0 saturated carbocycles. The molecule has 2 aromatic carbocycles. The summed E-state index contributed by atoms with van der Waals surface area (Å²) in [5.41, 5.74) is 3.93. The zero-order valence-electron chi connectivity index (χ0n) is 16.9. The third kappa shape index (κ3) is 3.03. The van der Waals surface area contributed by atoms with Gasteiger partial charge in [-0.2, -0.15) is 5.26 Å². The van der Waals surface area contributed by atoms with E-state index in [1.54, 1.807) is 24.3 Å². The largest absolute Gasteiger partial charge is 0.491 e. The minimum atomic E-state index is -0.968. The number of fused-ring (bicyclic) bond motifs is 6. The van der Waals surface area contributed by atoms with Crippen LogP contribution in [0.2, 0.25) is 0 Å². The Bertz CT molecular complexity index is 1220. The van der Waals surface area contributed by atoms with E-state index in [-0.39, 0.29) is 19.0 Å². The number of rotatable bonds is 4. The van der Waals surface area contributed by atoms with Gasteiger partial charge in [-0.25, -0.2) is 0 Å². The van der Waals surface area contributed by atoms with Gasteiger partial charge in [-0.15, -0.1) is 0 Å². The SMILES string of the molecule is N#Cc1ccc2c3c([nH]c2c1)C1(CCOCC1)c1cc(OCC(O)CO)ccc1C3=O. The van der Waals surface area contributed by atoms with Gasteiger partial charge in [0.1, 0.15) is 18.5 Å². The van der Waals surface area contributed by atoms with Gasteiger partial charge >= 0.3 is 0 Å². The molecule has 7 nitrogen and oxygen atoms in total. The molecule has 5 rings (SSSR count). The van der Waals surface area contributed by atoms with E-state index in [4.69, 9.17) is 14.6 Å². The molecule has 2 aliphatic rings. The summed E-state index contributed by atoms with van der Waals surface area (Å²) in [6, 6.07) is 12.9. The summed E-state index contributed by atoms with van der Waals surface area (Å²) in [6.07, 6.45) is 0.450. The van der Waals surface area contributed by atoms with Gasteiger partial charge in [0, 0.05) is 40.8 Å². The van der Waals surface area contributed by atoms with Crippen LogP contribution >= 0.6 is 0 Å². The summed E-state index contributed by atoms with van der Waals surface area (Å²) < 4.78 is 11.3. The van der Waals surface area contributed by atoms with Crippen LogP contribution in [0.15, 0.2) is 36.4 Å². The highest BCUT2D eigenvalue weighted by molar-refractivity contribution is 6.20. The Kier molecular flexibility index (Phi) is 4.78. The van der Waals surface area contributed by atoms with E-state index in [0.29, 0.717) is 48.5 Å². The topological polar surface area (TPSA) is 116 Å². The lowest BCUT2D eigenvalue weighted by atomic mass is 9.64. The average Bonchev–Trinajstić information content (AvgIpc) is 3.21. The Labute approximate surface area is 178 Å². The minimum absolute atomic E-state index is 0.0338. The lowest BCUT2D eigenvalue weighted by Crippen LogP contribution is -2.40. The van der Waals surface area contributed by atoms with Crippen molar-refractivity contribution in [2.75, 3.05) is 26.4 Å². The first kappa shape index (κ1) is 19.8. The molecule has 0 radical (unpaired) electrons. The first-order chi connectivity index (χ1) is 15.1. The number of hydrogen-bond acceptors (Lipinski definition) is 6. The third-order valence-electron chi connectivity index (χ3n) is 6.38. The van der Waals surface area contributed by atoms with Crippen LogP contribution in [0.5, 0.6) is 5.75 Å². The molecule has 1 saturated heterocycles. The zero-order valence-corrected chi connectivity index (χ0v) is 16.9. The Morgan fingerprint density at radius 1 is 1.23 bits per heavy atom. The summed E-state index contributed by atoms with van der Waals surface area (Å²) in [6.45, 7) is 0.724. The van der Waals surface area contributed by atoms with Gasteiger partial charge < -0.3 is 24.7 Å². The molecule has 3 N–H and O–H groups in total. The number of carbonyl (C=O) groups excluding carboxylic acids is 1. The molecule has 0 amide bonds. The van der Waals surface area contributed by atoms with Crippen molar-refractivity contribution in [1.29, 1.82) is 5.26 Å². The summed E-state index contributed by atoms with van der Waals surface area (Å²) in [4.78, 5) is 17.0. The molecule has 3 aromatic rings. The van der Waals surface area contributed by atoms with E-state index in [0.717, 1.165) is 22.2 Å². The molecular formula is C24H22N2O5. The summed E-state index contributed by atoms with van der Waals surface area (Å²) in [5, 5.41) is 28.8. The molecule has 1 aliphatic heterocycles. The Morgan fingerprint density at radius 2 is 2.03 bits per heavy atom. The lowest BCUT2D eigenvalue weighted by Gasteiger charge is -2.41. The number of ketones is 1. The van der Waals surface area contributed by atoms with Crippen molar-refractivity contribution < 1.29 is 24.5 Å². The average molecular weight is 418 g/mol. The number of aromatic nitrogens is 1. The van der Waals surface area contributed by atoms with Crippen molar-refractivity contribution in [2.24, 2.45) is 0 Å². The van der Waals surface area contributed by atoms with Crippen LogP contribution in [0.25, 0.3) is 10.9 Å². The van der Waals surface area contributed by atoms with Crippen LogP contribution in [-0.4, -0.2) is 53.5 Å². The molecule has 158 valence electrons. The number of nitrogens with zero attached hydrogens (tertiary/aromatic N) is 1. The molecule has 1 unspecified atom stereocenters. The molecule has 1 spiro atoms. The van der Waals surface area contributed by atoms with Gasteiger partial charge in [-0.05, 0) is 48.7 Å². The fourth-order valence-electron chi connectivity index (χ4n) is 4.82. The predicted molar refractivity (Wildman–Crippen MR) is 112 cm³/mol. The number of benzene rings is 2. The van der Waals surface area contributed by atoms with E-state index in [2.05, 4.69) is 11.1 Å². The number of ether oxygens (including phenoxy) is 2. The van der Waals surface area contributed by atoms with Gasteiger partial charge in [-0.3, -0.25) is 4.79 Å². The van der Waals surface area contributed by atoms with Crippen LogP contribution in [0.4, 0.5) is 0 Å². The highest BCUT2D eigenvalue weighted by Crippen LogP contribution is 2.50. The van der Waals surface area contributed by atoms with Crippen molar-refractivity contribution in [3.8, 4) is 11.8 Å². The first-order valence-corrected chi connectivity index (χ1v) is 10.3. The van der Waals surface area contributed by atoms with Crippen molar-refractivity contribution in [3.05, 3.63) is 64.3 Å². The molecule has 1 fully saturated rings. The monoisotopic (exact) mass is 418 g/mol. The number of nitriles is 1. The summed E-state index contributed by atoms with van der Waals surface area (Å²) in [7, 11) is 0. The number of aliphatic hydroxyl groups excluding tert-OH is 2. The second kappa shape index (κ2) is 7.50. The Morgan fingerprint density at radius 3 is 2.77 bits per heavy atom. The van der Waals surface area contributed by atoms with E-state index in [1.165, 1.54) is 0 Å². The number of nitrogens with one attached hydrogen (secondary N) is 1. The number of aromatic amines is 1. The molecule has 2 heterocycles. The summed E-state index contributed by atoms with van der Waals surface area (Å²) >= 11 is 0. The molecule has 0 bridgehead atoms. The van der Waals surface area contributed by atoms with E-state index < -0.39 is 11.5 Å². The lowest BCUT2D eigenvalue weighted by molar-refractivity contribution is 0.0529. The van der Waals surface area contributed by atoms with E-state index in [9.17, 15) is 15.2 Å². The van der Waals surface area contributed by atoms with Gasteiger partial charge in [-0.1, -0.05) is 6.07 Å². The van der Waals surface area contributed by atoms with E-state index in [1.807, 2.05) is 12.1 Å². The first-order valence-electron chi connectivity index (χ1n) is 10.3. The minimum Gasteiger partial charge on any atom is -0.491 e. The highest BCUT2D eigenvalue weighted by atomic mass is 16.5. The Balaban J connectivity index is 1.69. The standard InChI is InChI=1S/C24H22N2O5/c25-11-14-1-3-18-20(9-14)26-23-21(18)22(29)17-4-2-16(31-13-15(28)12-27)10-19(17)24(23)5-7-30-8-6-24/h1-4,9-10,15,26-28H,5-8,12-13H2. The van der Waals surface area contributed by atoms with Crippen LogP contribution < -0.4 is 4.74 Å². The van der Waals surface area contributed by atoms with Crippen molar-refractivity contribution >= 4 is 16.7 Å². The van der Waals surface area contributed by atoms with Crippen molar-refractivity contribution in [3.63, 3.8) is 0 Å². The quantitative estimate of drug-likeness (QED) is 0.599. The zero-order chi connectivity index (χ0) is 21.6. The molecule has 31 heavy (non-hydrogen) atoms. The summed E-state index contributed by atoms with van der Waals surface area (Å²) in [5.74, 6) is 0.483. The molecule has 7 heteroatoms. The van der Waals surface area contributed by atoms with Crippen LogP contribution in [-0.2, 0) is 10.2 Å². The predicted octanol–water partition coefficient (Wildman–Crippen LogP) is 2.41. The molecule has 1 aliphatic carbocycles. The van der Waals surface area contributed by atoms with Gasteiger partial charge in [0.25, 0.3) is 0 Å². The van der Waals surface area contributed by atoms with Crippen LogP contribution in [0.1, 0.15) is 45.6 Å². The number of H-pyrrole nitrogens is 1. The third-order valence-corrected chi connectivity index (χ3v) is 6.38. The van der Waals surface area contributed by atoms with Crippen LogP contribution in [0, 0.1) is 11.3 Å². The van der Waals surface area contributed by atoms with Gasteiger partial charge in [0.05, 0.1) is 23.8 Å². The number of carbonyl (C=O) groups is 1. The van der Waals surface area contributed by atoms with Gasteiger partial charge in [0.2, 0.25) is 0 Å². The van der Waals surface area contributed by atoms with Crippen LogP contribution in [0.3, 0.4) is 0 Å². The molecule has 1 aromatic heterocycles. The highest BCUT2D eigenvalue weighted by Gasteiger charge is 2.47. The second-order valence-corrected chi connectivity index (χ2v) is 8.13. The smallest absolute Gasteiger partial charge is 0.195 e. The van der Waals surface area contributed by atoms with Crippen molar-refractivity contribution in [1.82, 2.24) is 4.98 Å². The fraction of sp³-hybridized carbons (Fsp3) is 0.333. The van der Waals surface area contributed by atoms with Crippen molar-refractivity contribution in [2.45, 2.75) is 24.4 Å². The maximum absolute atomic E-state index is 13.6. The molecular weight excluding hydrogens is 396 g/mol. The maximum atomic E-state index is 13.6. The normalized spacial score (nSPS) is 17.8. The fourth-order valence-corrected chi connectivity index (χ4v) is 4.82.